The highest BCUT2D eigenvalue weighted by Gasteiger charge is 2.62. The number of carbonyl (C=O) groups excluding carboxylic acids is 2. The minimum atomic E-state index is -0.586. The number of hydrogen-bond acceptors (Lipinski definition) is 4. The van der Waals surface area contributed by atoms with E-state index in [2.05, 4.69) is 38.7 Å². The molecule has 31 heavy (non-hydrogen) atoms. The number of aliphatic hydroxyl groups is 2. The lowest BCUT2D eigenvalue weighted by molar-refractivity contribution is -0.174. The minimum absolute atomic E-state index is 0.192. The van der Waals surface area contributed by atoms with Gasteiger partial charge in [0.25, 0.3) is 5.24 Å². The van der Waals surface area contributed by atoms with Gasteiger partial charge in [-0.05, 0) is 104 Å². The van der Waals surface area contributed by atoms with Crippen LogP contribution in [0.1, 0.15) is 85.0 Å². The molecule has 0 aromatic heterocycles. The Balaban J connectivity index is 1.48. The monoisotopic (exact) mass is 451 g/mol. The maximum atomic E-state index is 11.9. The predicted molar refractivity (Wildman–Crippen MR) is 124 cm³/mol. The smallest absolute Gasteiger partial charge is 0.282 e. The van der Waals surface area contributed by atoms with Crippen molar-refractivity contribution in [2.24, 2.45) is 46.3 Å². The molecule has 3 N–H and O–H groups in total. The average Bonchev–Trinajstić information content (AvgIpc) is 3.04. The van der Waals surface area contributed by atoms with E-state index in [-0.39, 0.29) is 28.9 Å². The normalized spacial score (nSPS) is 47.6. The molecule has 0 bridgehead atoms. The van der Waals surface area contributed by atoms with E-state index in [1.807, 2.05) is 0 Å². The molecular formula is C25H41NO4S. The van der Waals surface area contributed by atoms with Crippen LogP contribution in [-0.2, 0) is 4.79 Å². The molecule has 4 unspecified atom stereocenters. The Morgan fingerprint density at radius 2 is 1.71 bits per heavy atom. The third kappa shape index (κ3) is 4.10. The Morgan fingerprint density at radius 1 is 1.03 bits per heavy atom. The van der Waals surface area contributed by atoms with Gasteiger partial charge in [0.1, 0.15) is 0 Å². The van der Waals surface area contributed by atoms with Gasteiger partial charge in [0.15, 0.2) is 0 Å². The van der Waals surface area contributed by atoms with Crippen LogP contribution in [0.2, 0.25) is 0 Å². The number of rotatable bonds is 4. The topological polar surface area (TPSA) is 86.6 Å². The highest BCUT2D eigenvalue weighted by atomic mass is 32.1. The van der Waals surface area contributed by atoms with Crippen LogP contribution in [0.25, 0.3) is 0 Å². The van der Waals surface area contributed by atoms with Gasteiger partial charge in [-0.1, -0.05) is 33.4 Å². The van der Waals surface area contributed by atoms with E-state index in [0.29, 0.717) is 41.9 Å². The van der Waals surface area contributed by atoms with Gasteiger partial charge in [0, 0.05) is 6.42 Å². The fourth-order valence-electron chi connectivity index (χ4n) is 8.92. The van der Waals surface area contributed by atoms with Crippen LogP contribution in [-0.4, -0.2) is 33.6 Å². The molecule has 0 aromatic carbocycles. The number of nitrogens with one attached hydrogen (secondary N) is 1. The number of fused-ring (bicyclic) bond motifs is 5. The van der Waals surface area contributed by atoms with Crippen molar-refractivity contribution in [2.75, 3.05) is 0 Å². The fraction of sp³-hybridized carbons (Fsp3) is 0.920. The number of carbonyl (C=O) groups is 2. The molecular weight excluding hydrogens is 410 g/mol. The van der Waals surface area contributed by atoms with Crippen molar-refractivity contribution in [1.29, 1.82) is 0 Å². The molecule has 176 valence electrons. The first-order chi connectivity index (χ1) is 14.6. The zero-order valence-corrected chi connectivity index (χ0v) is 20.2. The molecule has 0 aromatic rings. The second-order valence-electron chi connectivity index (χ2n) is 11.8. The first kappa shape index (κ1) is 23.6. The Labute approximate surface area is 192 Å². The van der Waals surface area contributed by atoms with Crippen molar-refractivity contribution in [2.45, 2.75) is 97.2 Å². The standard InChI is InChI=1S/C25H41NO4S/c1-14(4-7-21(29)26-23(30)31)17-5-6-18-22-19(9-11-25(17,18)3)24(2)10-8-16(27)12-15(24)13-20(22)28/h14-20,22,27-28H,4-13H2,1-3H3,(H2,26,29,30,31)/t14-,15+,16-,17?,18?,19?,20-,22?,24+,25-/m1/s1. The first-order valence-electron chi connectivity index (χ1n) is 12.4. The van der Waals surface area contributed by atoms with Crippen molar-refractivity contribution < 1.29 is 19.8 Å². The van der Waals surface area contributed by atoms with Gasteiger partial charge < -0.3 is 10.2 Å². The van der Waals surface area contributed by atoms with E-state index < -0.39 is 5.24 Å². The lowest BCUT2D eigenvalue weighted by Gasteiger charge is -2.62. The highest BCUT2D eigenvalue weighted by Crippen LogP contribution is 2.68. The maximum absolute atomic E-state index is 11.9. The summed E-state index contributed by atoms with van der Waals surface area (Å²) in [5.41, 5.74) is 0.473. The van der Waals surface area contributed by atoms with E-state index in [1.54, 1.807) is 0 Å². The molecule has 4 aliphatic rings. The van der Waals surface area contributed by atoms with E-state index >= 15 is 0 Å². The van der Waals surface area contributed by atoms with Crippen LogP contribution < -0.4 is 5.32 Å². The first-order valence-corrected chi connectivity index (χ1v) is 12.9. The van der Waals surface area contributed by atoms with Crippen molar-refractivity contribution in [3.63, 3.8) is 0 Å². The summed E-state index contributed by atoms with van der Waals surface area (Å²) in [5, 5.41) is 23.2. The van der Waals surface area contributed by atoms with Crippen LogP contribution in [0.4, 0.5) is 4.79 Å². The summed E-state index contributed by atoms with van der Waals surface area (Å²) in [5.74, 6) is 2.67. The molecule has 4 fully saturated rings. The van der Waals surface area contributed by atoms with Crippen molar-refractivity contribution in [1.82, 2.24) is 5.32 Å². The third-order valence-electron chi connectivity index (χ3n) is 10.5. The maximum Gasteiger partial charge on any atom is 0.282 e. The fourth-order valence-corrected chi connectivity index (χ4v) is 9.04. The van der Waals surface area contributed by atoms with Crippen molar-refractivity contribution in [3.8, 4) is 0 Å². The van der Waals surface area contributed by atoms with Gasteiger partial charge in [0.05, 0.1) is 12.2 Å². The summed E-state index contributed by atoms with van der Waals surface area (Å²) in [7, 11) is 0. The average molecular weight is 452 g/mol. The molecule has 4 aliphatic carbocycles. The molecule has 10 atom stereocenters. The Morgan fingerprint density at radius 3 is 2.42 bits per heavy atom. The van der Waals surface area contributed by atoms with E-state index in [0.717, 1.165) is 32.1 Å². The molecule has 0 spiro atoms. The van der Waals surface area contributed by atoms with Crippen LogP contribution in [0.3, 0.4) is 0 Å². The van der Waals surface area contributed by atoms with Gasteiger partial charge in [-0.3, -0.25) is 14.9 Å². The van der Waals surface area contributed by atoms with Crippen LogP contribution in [0.15, 0.2) is 0 Å². The largest absolute Gasteiger partial charge is 0.393 e. The molecule has 6 heteroatoms. The molecule has 4 rings (SSSR count). The second-order valence-corrected chi connectivity index (χ2v) is 12.2. The number of hydrogen-bond donors (Lipinski definition) is 4. The summed E-state index contributed by atoms with van der Waals surface area (Å²) in [6.45, 7) is 7.16. The molecule has 0 aliphatic heterocycles. The summed E-state index contributed by atoms with van der Waals surface area (Å²) in [6, 6.07) is 0. The lowest BCUT2D eigenvalue weighted by Crippen LogP contribution is -2.58. The summed E-state index contributed by atoms with van der Waals surface area (Å²) in [4.78, 5) is 22.9. The van der Waals surface area contributed by atoms with Gasteiger partial charge in [-0.25, -0.2) is 0 Å². The highest BCUT2D eigenvalue weighted by molar-refractivity contribution is 7.96. The lowest BCUT2D eigenvalue weighted by atomic mass is 9.43. The van der Waals surface area contributed by atoms with Gasteiger partial charge in [0.2, 0.25) is 5.91 Å². The summed E-state index contributed by atoms with van der Waals surface area (Å²) >= 11 is 3.63. The Bertz CT molecular complexity index is 716. The Kier molecular flexibility index (Phi) is 6.57. The molecule has 0 heterocycles. The quantitative estimate of drug-likeness (QED) is 0.472. The van der Waals surface area contributed by atoms with Crippen molar-refractivity contribution in [3.05, 3.63) is 0 Å². The molecule has 4 saturated carbocycles. The van der Waals surface area contributed by atoms with E-state index in [1.165, 1.54) is 25.7 Å². The molecule has 5 nitrogen and oxygen atoms in total. The predicted octanol–water partition coefficient (Wildman–Crippen LogP) is 4.56. The van der Waals surface area contributed by atoms with Crippen LogP contribution in [0.5, 0.6) is 0 Å². The van der Waals surface area contributed by atoms with E-state index in [4.69, 9.17) is 0 Å². The number of thiol groups is 1. The number of aliphatic hydroxyl groups excluding tert-OH is 2. The summed E-state index contributed by atoms with van der Waals surface area (Å²) < 4.78 is 0. The number of amides is 2. The Hall–Kier alpha value is -0.590. The number of imide groups is 1. The minimum Gasteiger partial charge on any atom is -0.393 e. The van der Waals surface area contributed by atoms with E-state index in [9.17, 15) is 19.8 Å². The molecule has 0 radical (unpaired) electrons. The molecule has 2 amide bonds. The zero-order chi connectivity index (χ0) is 22.6. The van der Waals surface area contributed by atoms with Crippen LogP contribution >= 0.6 is 12.6 Å². The SMILES string of the molecule is C[C@H](CCC(=O)NC(=O)S)C1CCC2C3C(CC[C@@]21C)[C@@]1(C)CC[C@@H](O)C[C@H]1C[C@H]3O. The summed E-state index contributed by atoms with van der Waals surface area (Å²) in [6.07, 6.45) is 9.13. The zero-order valence-electron chi connectivity index (χ0n) is 19.3. The second kappa shape index (κ2) is 8.64. The third-order valence-corrected chi connectivity index (χ3v) is 10.6. The van der Waals surface area contributed by atoms with Crippen LogP contribution in [0, 0.1) is 46.3 Å². The molecule has 0 saturated heterocycles. The van der Waals surface area contributed by atoms with Gasteiger partial charge in [-0.15, -0.1) is 0 Å². The van der Waals surface area contributed by atoms with Gasteiger partial charge >= 0.3 is 0 Å². The van der Waals surface area contributed by atoms with Crippen molar-refractivity contribution >= 4 is 23.8 Å². The van der Waals surface area contributed by atoms with Gasteiger partial charge in [-0.2, -0.15) is 0 Å².